The van der Waals surface area contributed by atoms with Gasteiger partial charge in [-0.15, -0.1) is 0 Å². The van der Waals surface area contributed by atoms with Gasteiger partial charge in [-0.05, 0) is 24.3 Å². The van der Waals surface area contributed by atoms with Crippen molar-refractivity contribution in [2.24, 2.45) is 0 Å². The minimum atomic E-state index is 0.214. The van der Waals surface area contributed by atoms with Crippen molar-refractivity contribution in [3.63, 3.8) is 0 Å². The lowest BCUT2D eigenvalue weighted by molar-refractivity contribution is 0.174. The first-order valence-electron chi connectivity index (χ1n) is 5.29. The number of hydrogen-bond acceptors (Lipinski definition) is 5. The maximum Gasteiger partial charge on any atom is 0.237 e. The molecule has 0 radical (unpaired) electrons. The average molecular weight is 240 g/mol. The molecule has 2 heterocycles. The zero-order chi connectivity index (χ0) is 12.4. The van der Waals surface area contributed by atoms with Gasteiger partial charge in [-0.2, -0.15) is 5.26 Å². The Hall–Kier alpha value is -2.74. The van der Waals surface area contributed by atoms with Gasteiger partial charge >= 0.3 is 0 Å². The lowest BCUT2D eigenvalue weighted by Gasteiger charge is -2.06. The third-order valence-corrected chi connectivity index (χ3v) is 2.45. The van der Waals surface area contributed by atoms with Crippen LogP contribution in [0.2, 0.25) is 0 Å². The number of ether oxygens (including phenoxy) is 3. The monoisotopic (exact) mass is 240 g/mol. The van der Waals surface area contributed by atoms with Crippen molar-refractivity contribution in [2.75, 3.05) is 6.79 Å². The molecule has 5 heteroatoms. The molecule has 0 unspecified atom stereocenters. The van der Waals surface area contributed by atoms with E-state index in [-0.39, 0.29) is 12.7 Å². The van der Waals surface area contributed by atoms with Crippen molar-refractivity contribution >= 4 is 0 Å². The molecule has 3 rings (SSSR count). The summed E-state index contributed by atoms with van der Waals surface area (Å²) in [6, 6.07) is 10.6. The molecule has 5 nitrogen and oxygen atoms in total. The molecule has 1 aromatic carbocycles. The van der Waals surface area contributed by atoms with E-state index in [1.54, 1.807) is 36.5 Å². The molecule has 0 fully saturated rings. The summed E-state index contributed by atoms with van der Waals surface area (Å²) in [4.78, 5) is 4.02. The van der Waals surface area contributed by atoms with Crippen LogP contribution in [0.15, 0.2) is 36.5 Å². The van der Waals surface area contributed by atoms with E-state index in [0.29, 0.717) is 22.8 Å². The molecule has 1 aliphatic rings. The SMILES string of the molecule is N#Cc1cccnc1Oc1ccc2c(c1)OCO2. The summed E-state index contributed by atoms with van der Waals surface area (Å²) < 4.78 is 16.0. The molecule has 0 bridgehead atoms. The molecule has 0 saturated heterocycles. The second-order valence-electron chi connectivity index (χ2n) is 3.59. The summed E-state index contributed by atoms with van der Waals surface area (Å²) in [5, 5.41) is 8.94. The van der Waals surface area contributed by atoms with Crippen LogP contribution >= 0.6 is 0 Å². The highest BCUT2D eigenvalue weighted by atomic mass is 16.7. The number of benzene rings is 1. The highest BCUT2D eigenvalue weighted by molar-refractivity contribution is 5.48. The largest absolute Gasteiger partial charge is 0.454 e. The third-order valence-electron chi connectivity index (χ3n) is 2.45. The Morgan fingerprint density at radius 3 is 3.00 bits per heavy atom. The van der Waals surface area contributed by atoms with Crippen LogP contribution in [0, 0.1) is 11.3 Å². The van der Waals surface area contributed by atoms with Crippen molar-refractivity contribution in [3.05, 3.63) is 42.1 Å². The summed E-state index contributed by atoms with van der Waals surface area (Å²) in [7, 11) is 0. The molecule has 0 amide bonds. The Bertz CT molecular complexity index is 634. The molecule has 88 valence electrons. The van der Waals surface area contributed by atoms with Crippen molar-refractivity contribution in [3.8, 4) is 29.2 Å². The van der Waals surface area contributed by atoms with E-state index in [1.165, 1.54) is 0 Å². The molecule has 0 N–H and O–H groups in total. The summed E-state index contributed by atoms with van der Waals surface area (Å²) in [5.41, 5.74) is 0.384. The predicted octanol–water partition coefficient (Wildman–Crippen LogP) is 2.47. The smallest absolute Gasteiger partial charge is 0.237 e. The topological polar surface area (TPSA) is 64.4 Å². The lowest BCUT2D eigenvalue weighted by atomic mass is 10.3. The van der Waals surface area contributed by atoms with Crippen LogP contribution in [0.5, 0.6) is 23.1 Å². The Kier molecular flexibility index (Phi) is 2.47. The van der Waals surface area contributed by atoms with Gasteiger partial charge in [0, 0.05) is 12.3 Å². The van der Waals surface area contributed by atoms with Gasteiger partial charge in [-0.1, -0.05) is 0 Å². The molecule has 1 aromatic heterocycles. The highest BCUT2D eigenvalue weighted by Crippen LogP contribution is 2.36. The number of rotatable bonds is 2. The number of nitrogens with zero attached hydrogens (tertiary/aromatic N) is 2. The Labute approximate surface area is 103 Å². The molecular formula is C13H8N2O3. The first-order chi connectivity index (χ1) is 8.86. The summed E-state index contributed by atoms with van der Waals surface area (Å²) in [5.74, 6) is 2.14. The van der Waals surface area contributed by atoms with Gasteiger partial charge in [0.2, 0.25) is 12.7 Å². The number of hydrogen-bond donors (Lipinski definition) is 0. The summed E-state index contributed by atoms with van der Waals surface area (Å²) in [6.45, 7) is 0.214. The first kappa shape index (κ1) is 10.4. The maximum atomic E-state index is 8.94. The fraction of sp³-hybridized carbons (Fsp3) is 0.0769. The van der Waals surface area contributed by atoms with Crippen LogP contribution in [0.4, 0.5) is 0 Å². The third kappa shape index (κ3) is 1.80. The Balaban J connectivity index is 1.91. The van der Waals surface area contributed by atoms with Gasteiger partial charge in [0.15, 0.2) is 11.5 Å². The second kappa shape index (κ2) is 4.26. The van der Waals surface area contributed by atoms with E-state index in [9.17, 15) is 0 Å². The van der Waals surface area contributed by atoms with Gasteiger partial charge in [-0.25, -0.2) is 4.98 Å². The van der Waals surface area contributed by atoms with Crippen molar-refractivity contribution in [2.45, 2.75) is 0 Å². The quantitative estimate of drug-likeness (QED) is 0.806. The Morgan fingerprint density at radius 1 is 1.22 bits per heavy atom. The second-order valence-corrected chi connectivity index (χ2v) is 3.59. The average Bonchev–Trinajstić information content (AvgIpc) is 2.87. The molecule has 0 spiro atoms. The van der Waals surface area contributed by atoms with E-state index < -0.39 is 0 Å². The highest BCUT2D eigenvalue weighted by Gasteiger charge is 2.14. The standard InChI is InChI=1S/C13H8N2O3/c14-7-9-2-1-5-15-13(9)18-10-3-4-11-12(6-10)17-8-16-11/h1-6H,8H2. The van der Waals surface area contributed by atoms with Crippen LogP contribution in [-0.4, -0.2) is 11.8 Å². The lowest BCUT2D eigenvalue weighted by Crippen LogP contribution is -1.93. The number of pyridine rings is 1. The predicted molar refractivity (Wildman–Crippen MR) is 61.6 cm³/mol. The van der Waals surface area contributed by atoms with Gasteiger partial charge in [-0.3, -0.25) is 0 Å². The van der Waals surface area contributed by atoms with E-state index >= 15 is 0 Å². The first-order valence-corrected chi connectivity index (χ1v) is 5.29. The minimum absolute atomic E-state index is 0.214. The minimum Gasteiger partial charge on any atom is -0.454 e. The number of nitriles is 1. The van der Waals surface area contributed by atoms with Gasteiger partial charge in [0.05, 0.1) is 0 Å². The van der Waals surface area contributed by atoms with Crippen molar-refractivity contribution < 1.29 is 14.2 Å². The molecule has 1 aliphatic heterocycles. The van der Waals surface area contributed by atoms with Crippen LogP contribution in [0.25, 0.3) is 0 Å². The van der Waals surface area contributed by atoms with E-state index in [1.807, 2.05) is 6.07 Å². The van der Waals surface area contributed by atoms with Crippen LogP contribution in [0.1, 0.15) is 5.56 Å². The van der Waals surface area contributed by atoms with Crippen molar-refractivity contribution in [1.82, 2.24) is 4.98 Å². The zero-order valence-electron chi connectivity index (χ0n) is 9.29. The fourth-order valence-electron chi connectivity index (χ4n) is 1.61. The normalized spacial score (nSPS) is 11.9. The Morgan fingerprint density at radius 2 is 2.11 bits per heavy atom. The van der Waals surface area contributed by atoms with Gasteiger partial charge in [0.1, 0.15) is 17.4 Å². The van der Waals surface area contributed by atoms with Crippen LogP contribution < -0.4 is 14.2 Å². The molecule has 0 saturated carbocycles. The molecular weight excluding hydrogens is 232 g/mol. The number of aromatic nitrogens is 1. The van der Waals surface area contributed by atoms with E-state index in [0.717, 1.165) is 0 Å². The van der Waals surface area contributed by atoms with Crippen LogP contribution in [0.3, 0.4) is 0 Å². The van der Waals surface area contributed by atoms with E-state index in [2.05, 4.69) is 4.98 Å². The van der Waals surface area contributed by atoms with Crippen molar-refractivity contribution in [1.29, 1.82) is 5.26 Å². The van der Waals surface area contributed by atoms with Gasteiger partial charge < -0.3 is 14.2 Å². The summed E-state index contributed by atoms with van der Waals surface area (Å²) >= 11 is 0. The molecule has 2 aromatic rings. The maximum absolute atomic E-state index is 8.94. The fourth-order valence-corrected chi connectivity index (χ4v) is 1.61. The van der Waals surface area contributed by atoms with E-state index in [4.69, 9.17) is 19.5 Å². The molecule has 0 atom stereocenters. The molecule has 18 heavy (non-hydrogen) atoms. The number of fused-ring (bicyclic) bond motifs is 1. The zero-order valence-corrected chi connectivity index (χ0v) is 9.29. The van der Waals surface area contributed by atoms with Gasteiger partial charge in [0.25, 0.3) is 0 Å². The summed E-state index contributed by atoms with van der Waals surface area (Å²) in [6.07, 6.45) is 1.57. The molecule has 0 aliphatic carbocycles. The van der Waals surface area contributed by atoms with Crippen LogP contribution in [-0.2, 0) is 0 Å².